The highest BCUT2D eigenvalue weighted by Crippen LogP contribution is 2.28. The van der Waals surface area contributed by atoms with Gasteiger partial charge in [-0.25, -0.2) is 8.42 Å². The molecule has 3 aromatic carbocycles. The van der Waals surface area contributed by atoms with E-state index in [0.29, 0.717) is 23.5 Å². The van der Waals surface area contributed by atoms with Gasteiger partial charge in [0.2, 0.25) is 5.91 Å². The van der Waals surface area contributed by atoms with E-state index in [4.69, 9.17) is 0 Å². The van der Waals surface area contributed by atoms with E-state index in [1.165, 1.54) is 12.1 Å². The molecule has 2 N–H and O–H groups in total. The second-order valence-electron chi connectivity index (χ2n) is 8.74. The van der Waals surface area contributed by atoms with Gasteiger partial charge in [0.25, 0.3) is 15.9 Å². The summed E-state index contributed by atoms with van der Waals surface area (Å²) >= 11 is 0. The lowest BCUT2D eigenvalue weighted by atomic mass is 10.1. The van der Waals surface area contributed by atoms with Crippen molar-refractivity contribution in [3.05, 3.63) is 89.5 Å². The van der Waals surface area contributed by atoms with Gasteiger partial charge in [-0.2, -0.15) is 0 Å². The number of nitrogens with one attached hydrogen (secondary N) is 2. The number of hydrogen-bond acceptors (Lipinski definition) is 4. The molecular weight excluding hydrogens is 462 g/mol. The van der Waals surface area contributed by atoms with Crippen molar-refractivity contribution in [2.45, 2.75) is 32.6 Å². The molecule has 7 nitrogen and oxygen atoms in total. The quantitative estimate of drug-likeness (QED) is 0.458. The molecule has 3 rings (SSSR count). The van der Waals surface area contributed by atoms with Crippen molar-refractivity contribution in [1.82, 2.24) is 5.32 Å². The third-order valence-corrected chi connectivity index (χ3v) is 7.35. The molecule has 0 aliphatic carbocycles. The Morgan fingerprint density at radius 2 is 1.54 bits per heavy atom. The molecule has 2 amide bonds. The first kappa shape index (κ1) is 26.0. The summed E-state index contributed by atoms with van der Waals surface area (Å²) in [5.41, 5.74) is 2.71. The minimum atomic E-state index is -4.03. The van der Waals surface area contributed by atoms with Crippen LogP contribution in [0.5, 0.6) is 0 Å². The van der Waals surface area contributed by atoms with Crippen molar-refractivity contribution in [3.8, 4) is 0 Å². The van der Waals surface area contributed by atoms with Crippen LogP contribution in [0.25, 0.3) is 0 Å². The van der Waals surface area contributed by atoms with Crippen LogP contribution in [0.2, 0.25) is 0 Å². The summed E-state index contributed by atoms with van der Waals surface area (Å²) < 4.78 is 28.3. The molecule has 0 fully saturated rings. The van der Waals surface area contributed by atoms with Gasteiger partial charge in [-0.15, -0.1) is 0 Å². The zero-order valence-corrected chi connectivity index (χ0v) is 21.2. The maximum Gasteiger partial charge on any atom is 0.264 e. The molecule has 35 heavy (non-hydrogen) atoms. The van der Waals surface area contributed by atoms with Crippen molar-refractivity contribution in [2.75, 3.05) is 22.7 Å². The van der Waals surface area contributed by atoms with E-state index < -0.39 is 22.5 Å². The Hall–Kier alpha value is -3.65. The summed E-state index contributed by atoms with van der Waals surface area (Å²) in [5.74, 6) is -0.595. The van der Waals surface area contributed by atoms with Crippen LogP contribution in [0.1, 0.15) is 35.3 Å². The van der Waals surface area contributed by atoms with Gasteiger partial charge >= 0.3 is 0 Å². The van der Waals surface area contributed by atoms with Crippen molar-refractivity contribution >= 4 is 33.2 Å². The molecule has 0 spiro atoms. The fraction of sp³-hybridized carbons (Fsp3) is 0.259. The minimum absolute atomic E-state index is 0.0853. The highest BCUT2D eigenvalue weighted by molar-refractivity contribution is 7.92. The summed E-state index contributed by atoms with van der Waals surface area (Å²) in [6.45, 7) is 7.73. The van der Waals surface area contributed by atoms with E-state index in [1.54, 1.807) is 54.6 Å². The van der Waals surface area contributed by atoms with Gasteiger partial charge in [0.15, 0.2) is 0 Å². The first-order valence-electron chi connectivity index (χ1n) is 11.4. The van der Waals surface area contributed by atoms with E-state index in [2.05, 4.69) is 10.6 Å². The first-order valence-corrected chi connectivity index (χ1v) is 12.9. The number of carbonyl (C=O) groups excluding carboxylic acids is 2. The van der Waals surface area contributed by atoms with Crippen LogP contribution in [0.3, 0.4) is 0 Å². The highest BCUT2D eigenvalue weighted by Gasteiger charge is 2.29. The molecule has 0 heterocycles. The van der Waals surface area contributed by atoms with Crippen molar-refractivity contribution < 1.29 is 18.0 Å². The van der Waals surface area contributed by atoms with E-state index in [0.717, 1.165) is 15.4 Å². The van der Waals surface area contributed by atoms with E-state index in [9.17, 15) is 18.0 Å². The Morgan fingerprint density at radius 3 is 2.23 bits per heavy atom. The Balaban J connectivity index is 1.93. The third-order valence-electron chi connectivity index (χ3n) is 5.58. The smallest absolute Gasteiger partial charge is 0.264 e. The number of anilines is 2. The Morgan fingerprint density at radius 1 is 0.886 bits per heavy atom. The number of amides is 2. The molecule has 184 valence electrons. The molecular formula is C27H31N3O4S. The van der Waals surface area contributed by atoms with Crippen LogP contribution in [-0.4, -0.2) is 33.3 Å². The second kappa shape index (κ2) is 11.2. The molecule has 0 unspecified atom stereocenters. The first-order chi connectivity index (χ1) is 16.6. The lowest BCUT2D eigenvalue weighted by molar-refractivity contribution is -0.114. The average molecular weight is 494 g/mol. The van der Waals surface area contributed by atoms with E-state index in [-0.39, 0.29) is 16.7 Å². The number of sulfonamides is 1. The number of benzene rings is 3. The molecule has 0 radical (unpaired) electrons. The van der Waals surface area contributed by atoms with Crippen LogP contribution >= 0.6 is 0 Å². The Labute approximate surface area is 207 Å². The predicted octanol–water partition coefficient (Wildman–Crippen LogP) is 4.52. The van der Waals surface area contributed by atoms with Gasteiger partial charge in [0, 0.05) is 6.54 Å². The maximum atomic E-state index is 13.6. The topological polar surface area (TPSA) is 95.6 Å². The summed E-state index contributed by atoms with van der Waals surface area (Å²) in [6.07, 6.45) is 0. The summed E-state index contributed by atoms with van der Waals surface area (Å²) in [5, 5.41) is 5.57. The molecule has 0 aromatic heterocycles. The highest BCUT2D eigenvalue weighted by atomic mass is 32.2. The van der Waals surface area contributed by atoms with Gasteiger partial charge < -0.3 is 10.6 Å². The van der Waals surface area contributed by atoms with E-state index >= 15 is 0 Å². The predicted molar refractivity (Wildman–Crippen MR) is 139 cm³/mol. The molecule has 0 aliphatic rings. The Kier molecular flexibility index (Phi) is 8.30. The van der Waals surface area contributed by atoms with Gasteiger partial charge in [0.1, 0.15) is 6.54 Å². The number of rotatable bonds is 9. The molecule has 0 aliphatic heterocycles. The van der Waals surface area contributed by atoms with Crippen molar-refractivity contribution in [3.63, 3.8) is 0 Å². The largest absolute Gasteiger partial charge is 0.352 e. The van der Waals surface area contributed by atoms with Crippen molar-refractivity contribution in [1.29, 1.82) is 0 Å². The molecule has 0 saturated heterocycles. The van der Waals surface area contributed by atoms with Crippen LogP contribution < -0.4 is 14.9 Å². The summed E-state index contributed by atoms with van der Waals surface area (Å²) in [4.78, 5) is 25.9. The standard InChI is InChI=1S/C27H31N3O4S/c1-19(2)17-28-27(32)23-14-8-9-15-24(23)29-26(31)18-30(25-16-10-11-20(3)21(25)4)35(33,34)22-12-6-5-7-13-22/h5-16,19H,17-18H2,1-4H3,(H,28,32)(H,29,31). The SMILES string of the molecule is Cc1cccc(N(CC(=O)Nc2ccccc2C(=O)NCC(C)C)S(=O)(=O)c2ccccc2)c1C. The molecule has 8 heteroatoms. The fourth-order valence-electron chi connectivity index (χ4n) is 3.53. The van der Waals surface area contributed by atoms with Gasteiger partial charge in [-0.3, -0.25) is 13.9 Å². The fourth-order valence-corrected chi connectivity index (χ4v) is 5.03. The Bertz CT molecular complexity index is 1310. The zero-order chi connectivity index (χ0) is 25.6. The third kappa shape index (κ3) is 6.27. The molecule has 0 saturated carbocycles. The van der Waals surface area contributed by atoms with Crippen LogP contribution in [0.4, 0.5) is 11.4 Å². The van der Waals surface area contributed by atoms with Crippen LogP contribution in [0.15, 0.2) is 77.7 Å². The maximum absolute atomic E-state index is 13.6. The number of aryl methyl sites for hydroxylation is 1. The monoisotopic (exact) mass is 493 g/mol. The number of nitrogens with zero attached hydrogens (tertiary/aromatic N) is 1. The van der Waals surface area contributed by atoms with Gasteiger partial charge in [0.05, 0.1) is 21.8 Å². The summed E-state index contributed by atoms with van der Waals surface area (Å²) in [6, 6.07) is 20.0. The van der Waals surface area contributed by atoms with Crippen LogP contribution in [-0.2, 0) is 14.8 Å². The molecule has 0 bridgehead atoms. The normalized spacial score (nSPS) is 11.2. The number of para-hydroxylation sites is 1. The van der Waals surface area contributed by atoms with Crippen molar-refractivity contribution in [2.24, 2.45) is 5.92 Å². The lowest BCUT2D eigenvalue weighted by Crippen LogP contribution is -2.39. The number of carbonyl (C=O) groups is 2. The summed E-state index contributed by atoms with van der Waals surface area (Å²) in [7, 11) is -4.03. The van der Waals surface area contributed by atoms with Gasteiger partial charge in [-0.05, 0) is 61.2 Å². The minimum Gasteiger partial charge on any atom is -0.352 e. The van der Waals surface area contributed by atoms with E-state index in [1.807, 2.05) is 33.8 Å². The zero-order valence-electron chi connectivity index (χ0n) is 20.4. The second-order valence-corrected chi connectivity index (χ2v) is 10.6. The average Bonchev–Trinajstić information content (AvgIpc) is 2.84. The molecule has 0 atom stereocenters. The van der Waals surface area contributed by atoms with Crippen LogP contribution in [0, 0.1) is 19.8 Å². The molecule has 3 aromatic rings. The number of hydrogen-bond donors (Lipinski definition) is 2. The van der Waals surface area contributed by atoms with Gasteiger partial charge in [-0.1, -0.05) is 56.3 Å². The lowest BCUT2D eigenvalue weighted by Gasteiger charge is -2.26.